The normalized spacial score (nSPS) is 23.6. The molecular formula is C24H32F3N7O4S. The Kier molecular flexibility index (Phi) is 8.12. The lowest BCUT2D eigenvalue weighted by atomic mass is 10.1. The highest BCUT2D eigenvalue weighted by Gasteiger charge is 2.38. The zero-order valence-corrected chi connectivity index (χ0v) is 22.3. The van der Waals surface area contributed by atoms with E-state index in [-0.39, 0.29) is 36.6 Å². The molecule has 0 aliphatic carbocycles. The third-order valence-corrected chi connectivity index (χ3v) is 8.95. The van der Waals surface area contributed by atoms with Gasteiger partial charge in [-0.15, -0.1) is 0 Å². The van der Waals surface area contributed by atoms with Crippen molar-refractivity contribution in [3.63, 3.8) is 0 Å². The van der Waals surface area contributed by atoms with Crippen LogP contribution in [-0.2, 0) is 20.9 Å². The van der Waals surface area contributed by atoms with Crippen LogP contribution in [0.5, 0.6) is 5.88 Å². The highest BCUT2D eigenvalue weighted by molar-refractivity contribution is 7.89. The third-order valence-electron chi connectivity index (χ3n) is 7.06. The average Bonchev–Trinajstić information content (AvgIpc) is 3.42. The van der Waals surface area contributed by atoms with Crippen LogP contribution < -0.4 is 20.3 Å². The SMILES string of the molecule is C[C@H]1CN(c2ccc(S(=O)(=O)N3CCC(Nc4ncc(C(F)(F)F)c(O[C@H]5CCOC5)n4)CC3)cn2)CCN1. The number of hydrogen-bond donors (Lipinski definition) is 2. The largest absolute Gasteiger partial charge is 0.471 e. The lowest BCUT2D eigenvalue weighted by Crippen LogP contribution is -2.49. The Morgan fingerprint density at radius 2 is 1.92 bits per heavy atom. The van der Waals surface area contributed by atoms with Gasteiger partial charge in [0.25, 0.3) is 0 Å². The Morgan fingerprint density at radius 1 is 1.13 bits per heavy atom. The van der Waals surface area contributed by atoms with Crippen molar-refractivity contribution in [1.29, 1.82) is 0 Å². The van der Waals surface area contributed by atoms with Gasteiger partial charge in [0.2, 0.25) is 21.9 Å². The van der Waals surface area contributed by atoms with E-state index in [2.05, 4.69) is 37.4 Å². The molecule has 2 N–H and O–H groups in total. The molecule has 0 saturated carbocycles. The molecule has 2 aromatic rings. The second kappa shape index (κ2) is 11.4. The molecule has 5 heterocycles. The van der Waals surface area contributed by atoms with Crippen molar-refractivity contribution in [3.8, 4) is 5.88 Å². The van der Waals surface area contributed by atoms with Crippen LogP contribution in [-0.4, -0.2) is 91.8 Å². The first kappa shape index (κ1) is 27.8. The van der Waals surface area contributed by atoms with E-state index in [0.29, 0.717) is 38.1 Å². The number of piperazine rings is 1. The molecule has 0 aromatic carbocycles. The van der Waals surface area contributed by atoms with Crippen LogP contribution in [0.4, 0.5) is 24.9 Å². The summed E-state index contributed by atoms with van der Waals surface area (Å²) >= 11 is 0. The van der Waals surface area contributed by atoms with E-state index >= 15 is 0 Å². The van der Waals surface area contributed by atoms with Gasteiger partial charge in [-0.2, -0.15) is 22.5 Å². The first-order valence-electron chi connectivity index (χ1n) is 13.0. The number of anilines is 2. The van der Waals surface area contributed by atoms with Gasteiger partial charge in [0.1, 0.15) is 22.4 Å². The van der Waals surface area contributed by atoms with Gasteiger partial charge in [-0.25, -0.2) is 18.4 Å². The maximum absolute atomic E-state index is 13.5. The minimum Gasteiger partial charge on any atom is -0.471 e. The molecule has 0 radical (unpaired) electrons. The average molecular weight is 572 g/mol. The summed E-state index contributed by atoms with van der Waals surface area (Å²) in [5.41, 5.74) is -1.05. The fraction of sp³-hybridized carbons (Fsp3) is 0.625. The minimum atomic E-state index is -4.66. The van der Waals surface area contributed by atoms with Crippen LogP contribution >= 0.6 is 0 Å². The highest BCUT2D eigenvalue weighted by Crippen LogP contribution is 2.36. The van der Waals surface area contributed by atoms with E-state index in [1.165, 1.54) is 10.5 Å². The maximum Gasteiger partial charge on any atom is 0.423 e. The number of alkyl halides is 3. The fourth-order valence-electron chi connectivity index (χ4n) is 4.91. The van der Waals surface area contributed by atoms with Crippen LogP contribution in [0.15, 0.2) is 29.4 Å². The number of hydrogen-bond acceptors (Lipinski definition) is 10. The first-order chi connectivity index (χ1) is 18.6. The molecule has 3 aliphatic heterocycles. The number of piperidine rings is 1. The topological polar surface area (TPSA) is 122 Å². The number of ether oxygens (including phenoxy) is 2. The van der Waals surface area contributed by atoms with E-state index in [9.17, 15) is 21.6 Å². The standard InChI is InChI=1S/C24H32F3N7O4S/c1-16-14-33(10-7-28-16)21-3-2-19(12-29-21)39(35,36)34-8-4-17(5-9-34)31-23-30-13-20(24(25,26)27)22(32-23)38-18-6-11-37-15-18/h2-3,12-13,16-18,28H,4-11,14-15H2,1H3,(H,30,31,32)/t16-,18-/m0/s1. The van der Waals surface area contributed by atoms with Gasteiger partial charge in [0, 0.05) is 63.6 Å². The van der Waals surface area contributed by atoms with Crippen molar-refractivity contribution in [2.75, 3.05) is 56.2 Å². The summed E-state index contributed by atoms with van der Waals surface area (Å²) in [5, 5.41) is 6.40. The van der Waals surface area contributed by atoms with E-state index in [0.717, 1.165) is 25.5 Å². The molecule has 0 amide bonds. The monoisotopic (exact) mass is 571 g/mol. The second-order valence-corrected chi connectivity index (χ2v) is 11.9. The van der Waals surface area contributed by atoms with Crippen molar-refractivity contribution >= 4 is 21.8 Å². The van der Waals surface area contributed by atoms with Crippen LogP contribution in [0.3, 0.4) is 0 Å². The number of aromatic nitrogens is 3. The van der Waals surface area contributed by atoms with Gasteiger partial charge in [0.05, 0.1) is 13.2 Å². The third kappa shape index (κ3) is 6.53. The van der Waals surface area contributed by atoms with E-state index in [4.69, 9.17) is 9.47 Å². The summed E-state index contributed by atoms with van der Waals surface area (Å²) < 4.78 is 78.9. The van der Waals surface area contributed by atoms with Crippen molar-refractivity contribution in [1.82, 2.24) is 24.6 Å². The molecule has 3 fully saturated rings. The van der Waals surface area contributed by atoms with Crippen LogP contribution in [0.25, 0.3) is 0 Å². The Hall–Kier alpha value is -2.75. The predicted molar refractivity (Wildman–Crippen MR) is 136 cm³/mol. The molecule has 0 spiro atoms. The minimum absolute atomic E-state index is 0.000224. The Bertz CT molecular complexity index is 1240. The van der Waals surface area contributed by atoms with Crippen LogP contribution in [0, 0.1) is 0 Å². The molecule has 0 unspecified atom stereocenters. The molecule has 15 heteroatoms. The smallest absolute Gasteiger partial charge is 0.423 e. The van der Waals surface area contributed by atoms with E-state index < -0.39 is 33.7 Å². The lowest BCUT2D eigenvalue weighted by Gasteiger charge is -2.33. The number of rotatable bonds is 7. The Balaban J connectivity index is 1.20. The van der Waals surface area contributed by atoms with Crippen molar-refractivity contribution < 1.29 is 31.1 Å². The molecule has 0 bridgehead atoms. The second-order valence-electron chi connectivity index (χ2n) is 9.99. The van der Waals surface area contributed by atoms with Gasteiger partial charge in [-0.1, -0.05) is 0 Å². The molecule has 214 valence electrons. The van der Waals surface area contributed by atoms with Gasteiger partial charge in [-0.05, 0) is 31.9 Å². The van der Waals surface area contributed by atoms with Crippen molar-refractivity contribution in [2.24, 2.45) is 0 Å². The number of halogens is 3. The zero-order chi connectivity index (χ0) is 27.6. The summed E-state index contributed by atoms with van der Waals surface area (Å²) in [7, 11) is -3.73. The molecule has 39 heavy (non-hydrogen) atoms. The van der Waals surface area contributed by atoms with Gasteiger partial charge in [0.15, 0.2) is 0 Å². The highest BCUT2D eigenvalue weighted by atomic mass is 32.2. The van der Waals surface area contributed by atoms with Crippen LogP contribution in [0.2, 0.25) is 0 Å². The Labute approximate surface area is 225 Å². The molecular weight excluding hydrogens is 539 g/mol. The first-order valence-corrected chi connectivity index (χ1v) is 14.4. The lowest BCUT2D eigenvalue weighted by molar-refractivity contribution is -0.139. The van der Waals surface area contributed by atoms with Gasteiger partial charge < -0.3 is 25.0 Å². The van der Waals surface area contributed by atoms with Crippen molar-refractivity contribution in [3.05, 3.63) is 30.1 Å². The number of sulfonamides is 1. The van der Waals surface area contributed by atoms with E-state index in [1.54, 1.807) is 12.1 Å². The predicted octanol–water partition coefficient (Wildman–Crippen LogP) is 2.12. The molecule has 2 atom stereocenters. The van der Waals surface area contributed by atoms with E-state index in [1.807, 2.05) is 0 Å². The fourth-order valence-corrected chi connectivity index (χ4v) is 6.32. The van der Waals surface area contributed by atoms with Gasteiger partial charge in [-0.3, -0.25) is 0 Å². The summed E-state index contributed by atoms with van der Waals surface area (Å²) in [6.45, 7) is 5.61. The quantitative estimate of drug-likeness (QED) is 0.511. The van der Waals surface area contributed by atoms with Crippen molar-refractivity contribution in [2.45, 2.75) is 55.4 Å². The zero-order valence-electron chi connectivity index (χ0n) is 21.5. The number of nitrogens with one attached hydrogen (secondary N) is 2. The molecule has 3 saturated heterocycles. The summed E-state index contributed by atoms with van der Waals surface area (Å²) in [4.78, 5) is 14.5. The molecule has 2 aromatic heterocycles. The Morgan fingerprint density at radius 3 is 2.56 bits per heavy atom. The van der Waals surface area contributed by atoms with Gasteiger partial charge >= 0.3 is 6.18 Å². The summed E-state index contributed by atoms with van der Waals surface area (Å²) in [6, 6.07) is 3.43. The summed E-state index contributed by atoms with van der Waals surface area (Å²) in [5.74, 6) is 0.201. The molecule has 11 nitrogen and oxygen atoms in total. The molecule has 3 aliphatic rings. The number of pyridine rings is 1. The van der Waals surface area contributed by atoms with Crippen LogP contribution in [0.1, 0.15) is 31.7 Å². The summed E-state index contributed by atoms with van der Waals surface area (Å²) in [6.07, 6.45) is -1.73. The molecule has 5 rings (SSSR count). The maximum atomic E-state index is 13.5. The number of nitrogens with zero attached hydrogens (tertiary/aromatic N) is 5.